The summed E-state index contributed by atoms with van der Waals surface area (Å²) in [6.45, 7) is 7.74. The zero-order valence-corrected chi connectivity index (χ0v) is 16.5. The maximum absolute atomic E-state index is 12.8. The van der Waals surface area contributed by atoms with Crippen molar-refractivity contribution in [3.63, 3.8) is 0 Å². The van der Waals surface area contributed by atoms with Crippen LogP contribution in [0.5, 0.6) is 0 Å². The molecule has 26 heavy (non-hydrogen) atoms. The van der Waals surface area contributed by atoms with E-state index in [1.54, 1.807) is 25.1 Å². The molecule has 1 saturated heterocycles. The smallest absolute Gasteiger partial charge is 0.257 e. The lowest BCUT2D eigenvalue weighted by molar-refractivity contribution is 0.0944. The van der Waals surface area contributed by atoms with E-state index in [1.165, 1.54) is 12.8 Å². The standard InChI is InChI=1S/C19H23Cl2N3O2/c1-12(11-24-8-3-4-9-24)10-22-19(25)16-13(2)26-23-18(16)17-14(20)6-5-7-15(17)21/h5-7,12H,3-4,8-11H2,1-2H3,(H,22,25). The second-order valence-electron chi connectivity index (χ2n) is 6.88. The Morgan fingerprint density at radius 2 is 1.96 bits per heavy atom. The first-order valence-corrected chi connectivity index (χ1v) is 9.64. The Bertz CT molecular complexity index is 765. The second kappa shape index (κ2) is 8.42. The zero-order chi connectivity index (χ0) is 18.7. The number of aromatic nitrogens is 1. The van der Waals surface area contributed by atoms with Gasteiger partial charge >= 0.3 is 0 Å². The number of nitrogens with one attached hydrogen (secondary N) is 1. The summed E-state index contributed by atoms with van der Waals surface area (Å²) in [6.07, 6.45) is 2.53. The van der Waals surface area contributed by atoms with Gasteiger partial charge in [-0.3, -0.25) is 4.79 Å². The third-order valence-electron chi connectivity index (χ3n) is 4.67. The van der Waals surface area contributed by atoms with Crippen LogP contribution in [-0.4, -0.2) is 42.1 Å². The molecule has 0 aliphatic carbocycles. The molecule has 5 nitrogen and oxygen atoms in total. The van der Waals surface area contributed by atoms with Crippen LogP contribution in [0.4, 0.5) is 0 Å². The van der Waals surface area contributed by atoms with Crippen LogP contribution in [0.1, 0.15) is 35.9 Å². The Morgan fingerprint density at radius 3 is 2.62 bits per heavy atom. The van der Waals surface area contributed by atoms with Crippen molar-refractivity contribution in [3.05, 3.63) is 39.6 Å². The molecular weight excluding hydrogens is 373 g/mol. The fraction of sp³-hybridized carbons (Fsp3) is 0.474. The number of likely N-dealkylation sites (tertiary alicyclic amines) is 1. The topological polar surface area (TPSA) is 58.4 Å². The van der Waals surface area contributed by atoms with Crippen molar-refractivity contribution < 1.29 is 9.32 Å². The molecule has 2 heterocycles. The fourth-order valence-electron chi connectivity index (χ4n) is 3.36. The lowest BCUT2D eigenvalue weighted by atomic mass is 10.0. The maximum atomic E-state index is 12.8. The van der Waals surface area contributed by atoms with Crippen LogP contribution in [0, 0.1) is 12.8 Å². The predicted octanol–water partition coefficient (Wildman–Crippen LogP) is 4.42. The van der Waals surface area contributed by atoms with Crippen LogP contribution in [0.25, 0.3) is 11.3 Å². The predicted molar refractivity (Wildman–Crippen MR) is 104 cm³/mol. The second-order valence-corrected chi connectivity index (χ2v) is 7.70. The van der Waals surface area contributed by atoms with E-state index in [1.807, 2.05) is 0 Å². The summed E-state index contributed by atoms with van der Waals surface area (Å²) in [5, 5.41) is 7.89. The highest BCUT2D eigenvalue weighted by Gasteiger charge is 2.25. The number of rotatable bonds is 6. The van der Waals surface area contributed by atoms with E-state index in [-0.39, 0.29) is 5.91 Å². The van der Waals surface area contributed by atoms with Crippen molar-refractivity contribution in [3.8, 4) is 11.3 Å². The Labute approximate surface area is 163 Å². The number of aryl methyl sites for hydroxylation is 1. The first kappa shape index (κ1) is 19.2. The number of carbonyl (C=O) groups excluding carboxylic acids is 1. The fourth-order valence-corrected chi connectivity index (χ4v) is 3.94. The van der Waals surface area contributed by atoms with Crippen molar-refractivity contribution in [2.75, 3.05) is 26.2 Å². The van der Waals surface area contributed by atoms with Gasteiger partial charge in [0.25, 0.3) is 5.91 Å². The molecule has 1 aromatic carbocycles. The van der Waals surface area contributed by atoms with Crippen molar-refractivity contribution in [1.29, 1.82) is 0 Å². The van der Waals surface area contributed by atoms with Gasteiger partial charge in [0.15, 0.2) is 0 Å². The number of nitrogens with zero attached hydrogens (tertiary/aromatic N) is 2. The minimum Gasteiger partial charge on any atom is -0.360 e. The molecule has 1 aromatic heterocycles. The van der Waals surface area contributed by atoms with Crippen LogP contribution in [0.15, 0.2) is 22.7 Å². The van der Waals surface area contributed by atoms with Gasteiger partial charge in [-0.1, -0.05) is 41.3 Å². The average Bonchev–Trinajstić information content (AvgIpc) is 3.23. The number of halogens is 2. The Hall–Kier alpha value is -1.56. The van der Waals surface area contributed by atoms with Crippen molar-refractivity contribution in [2.45, 2.75) is 26.7 Å². The highest BCUT2D eigenvalue weighted by atomic mass is 35.5. The van der Waals surface area contributed by atoms with Gasteiger partial charge in [0.2, 0.25) is 0 Å². The van der Waals surface area contributed by atoms with Crippen molar-refractivity contribution in [2.24, 2.45) is 5.92 Å². The van der Waals surface area contributed by atoms with Crippen LogP contribution in [0.2, 0.25) is 10.0 Å². The minimum atomic E-state index is -0.219. The molecule has 140 valence electrons. The first-order chi connectivity index (χ1) is 12.5. The van der Waals surface area contributed by atoms with E-state index in [2.05, 4.69) is 22.3 Å². The number of amides is 1. The van der Waals surface area contributed by atoms with Gasteiger partial charge in [-0.25, -0.2) is 0 Å². The summed E-state index contributed by atoms with van der Waals surface area (Å²) in [6, 6.07) is 5.18. The lowest BCUT2D eigenvalue weighted by Gasteiger charge is -2.20. The van der Waals surface area contributed by atoms with E-state index in [0.717, 1.165) is 19.6 Å². The van der Waals surface area contributed by atoms with E-state index in [9.17, 15) is 4.79 Å². The molecule has 0 radical (unpaired) electrons. The monoisotopic (exact) mass is 395 g/mol. The summed E-state index contributed by atoms with van der Waals surface area (Å²) in [4.78, 5) is 15.2. The molecule has 1 atom stereocenters. The highest BCUT2D eigenvalue weighted by molar-refractivity contribution is 6.39. The molecule has 1 fully saturated rings. The molecule has 3 rings (SSSR count). The minimum absolute atomic E-state index is 0.219. The summed E-state index contributed by atoms with van der Waals surface area (Å²) >= 11 is 12.5. The van der Waals surface area contributed by atoms with Gasteiger partial charge in [0, 0.05) is 18.7 Å². The molecule has 7 heteroatoms. The Kier molecular flexibility index (Phi) is 6.22. The Balaban J connectivity index is 1.73. The zero-order valence-electron chi connectivity index (χ0n) is 15.0. The quantitative estimate of drug-likeness (QED) is 0.786. The van der Waals surface area contributed by atoms with E-state index < -0.39 is 0 Å². The van der Waals surface area contributed by atoms with Gasteiger partial charge < -0.3 is 14.7 Å². The Morgan fingerprint density at radius 1 is 1.31 bits per heavy atom. The van der Waals surface area contributed by atoms with Gasteiger partial charge in [0.1, 0.15) is 17.0 Å². The lowest BCUT2D eigenvalue weighted by Crippen LogP contribution is -2.34. The molecular formula is C19H23Cl2N3O2. The molecule has 0 bridgehead atoms. The van der Waals surface area contributed by atoms with Crippen LogP contribution in [-0.2, 0) is 0 Å². The van der Waals surface area contributed by atoms with Gasteiger partial charge in [-0.15, -0.1) is 0 Å². The van der Waals surface area contributed by atoms with Gasteiger partial charge in [-0.2, -0.15) is 0 Å². The molecule has 1 aliphatic rings. The first-order valence-electron chi connectivity index (χ1n) is 8.88. The van der Waals surface area contributed by atoms with E-state index in [4.69, 9.17) is 27.7 Å². The van der Waals surface area contributed by atoms with Crippen molar-refractivity contribution in [1.82, 2.24) is 15.4 Å². The summed E-state index contributed by atoms with van der Waals surface area (Å²) in [5.41, 5.74) is 1.28. The van der Waals surface area contributed by atoms with Gasteiger partial charge in [-0.05, 0) is 50.9 Å². The van der Waals surface area contributed by atoms with E-state index in [0.29, 0.717) is 45.1 Å². The van der Waals surface area contributed by atoms with Gasteiger partial charge in [0.05, 0.1) is 10.0 Å². The van der Waals surface area contributed by atoms with E-state index >= 15 is 0 Å². The maximum Gasteiger partial charge on any atom is 0.257 e. The summed E-state index contributed by atoms with van der Waals surface area (Å²) < 4.78 is 5.26. The molecule has 1 unspecified atom stereocenters. The summed E-state index contributed by atoms with van der Waals surface area (Å²) in [5.74, 6) is 0.591. The number of benzene rings is 1. The molecule has 1 amide bonds. The molecule has 1 aliphatic heterocycles. The molecule has 1 N–H and O–H groups in total. The molecule has 0 saturated carbocycles. The number of carbonyl (C=O) groups is 1. The highest BCUT2D eigenvalue weighted by Crippen LogP contribution is 2.36. The number of hydrogen-bond acceptors (Lipinski definition) is 4. The van der Waals surface area contributed by atoms with Crippen LogP contribution < -0.4 is 5.32 Å². The van der Waals surface area contributed by atoms with Crippen LogP contribution in [0.3, 0.4) is 0 Å². The third-order valence-corrected chi connectivity index (χ3v) is 5.30. The molecule has 0 spiro atoms. The SMILES string of the molecule is Cc1onc(-c2c(Cl)cccc2Cl)c1C(=O)NCC(C)CN1CCCC1. The normalized spacial score (nSPS) is 16.0. The van der Waals surface area contributed by atoms with Crippen LogP contribution >= 0.6 is 23.2 Å². The number of hydrogen-bond donors (Lipinski definition) is 1. The van der Waals surface area contributed by atoms with Crippen molar-refractivity contribution >= 4 is 29.1 Å². The third kappa shape index (κ3) is 4.22. The largest absolute Gasteiger partial charge is 0.360 e. The molecule has 2 aromatic rings. The average molecular weight is 396 g/mol. The summed E-state index contributed by atoms with van der Waals surface area (Å²) in [7, 11) is 0.